The predicted octanol–water partition coefficient (Wildman–Crippen LogP) is 3.94. The molecule has 2 aromatic carbocycles. The Hall–Kier alpha value is -2.66. The number of rotatable bonds is 4. The molecule has 0 saturated carbocycles. The average molecular weight is 327 g/mol. The molecule has 0 spiro atoms. The summed E-state index contributed by atoms with van der Waals surface area (Å²) in [5, 5.41) is 4.03. The molecule has 0 aliphatic carbocycles. The fourth-order valence-corrected chi connectivity index (χ4v) is 2.09. The van der Waals surface area contributed by atoms with Crippen LogP contribution in [0.1, 0.15) is 5.56 Å². The van der Waals surface area contributed by atoms with Crippen LogP contribution in [0.25, 0.3) is 22.8 Å². The number of nitrogens with two attached hydrogens (primary N) is 1. The van der Waals surface area contributed by atoms with E-state index in [0.717, 1.165) is 16.8 Å². The van der Waals surface area contributed by atoms with Crippen LogP contribution in [0.15, 0.2) is 58.0 Å². The lowest BCUT2D eigenvalue weighted by Gasteiger charge is -1.98. The van der Waals surface area contributed by atoms with Crippen molar-refractivity contribution in [2.75, 3.05) is 5.88 Å². The monoisotopic (exact) mass is 326 g/mol. The lowest BCUT2D eigenvalue weighted by atomic mass is 10.1. The lowest BCUT2D eigenvalue weighted by Crippen LogP contribution is -2.12. The summed E-state index contributed by atoms with van der Waals surface area (Å²) in [6.07, 6.45) is 0. The molecule has 23 heavy (non-hydrogen) atoms. The molecule has 3 aromatic rings. The SMILES string of the molecule is Cc1ccc(-c2noc(-c3ccc(N=C(N)CCl)cc3)n2)cc1. The van der Waals surface area contributed by atoms with Gasteiger partial charge in [0.25, 0.3) is 5.89 Å². The highest BCUT2D eigenvalue weighted by atomic mass is 35.5. The Morgan fingerprint density at radius 3 is 2.39 bits per heavy atom. The molecule has 0 atom stereocenters. The number of hydrogen-bond donors (Lipinski definition) is 1. The molecule has 0 saturated heterocycles. The number of amidine groups is 1. The normalized spacial score (nSPS) is 11.7. The Labute approximate surface area is 138 Å². The minimum Gasteiger partial charge on any atom is -0.386 e. The van der Waals surface area contributed by atoms with Gasteiger partial charge in [-0.15, -0.1) is 11.6 Å². The van der Waals surface area contributed by atoms with E-state index in [9.17, 15) is 0 Å². The van der Waals surface area contributed by atoms with Crippen molar-refractivity contribution in [1.29, 1.82) is 0 Å². The summed E-state index contributed by atoms with van der Waals surface area (Å²) < 4.78 is 5.33. The zero-order valence-electron chi connectivity index (χ0n) is 12.5. The Morgan fingerprint density at radius 2 is 1.74 bits per heavy atom. The Bertz CT molecular complexity index is 823. The van der Waals surface area contributed by atoms with Crippen molar-refractivity contribution in [3.05, 3.63) is 54.1 Å². The summed E-state index contributed by atoms with van der Waals surface area (Å²) in [4.78, 5) is 8.60. The quantitative estimate of drug-likeness (QED) is 0.447. The van der Waals surface area contributed by atoms with Gasteiger partial charge >= 0.3 is 0 Å². The number of nitrogens with zero attached hydrogens (tertiary/aromatic N) is 3. The van der Waals surface area contributed by atoms with Crippen molar-refractivity contribution < 1.29 is 4.52 Å². The van der Waals surface area contributed by atoms with Crippen molar-refractivity contribution in [1.82, 2.24) is 10.1 Å². The molecule has 1 heterocycles. The number of aliphatic imine (C=N–C) groups is 1. The van der Waals surface area contributed by atoms with Crippen LogP contribution in [0.2, 0.25) is 0 Å². The van der Waals surface area contributed by atoms with E-state index < -0.39 is 0 Å². The molecular formula is C17H15ClN4O. The van der Waals surface area contributed by atoms with E-state index in [4.69, 9.17) is 21.9 Å². The van der Waals surface area contributed by atoms with Crippen molar-refractivity contribution >= 4 is 23.1 Å². The number of hydrogen-bond acceptors (Lipinski definition) is 4. The van der Waals surface area contributed by atoms with Gasteiger partial charge in [0.2, 0.25) is 5.82 Å². The first kappa shape index (κ1) is 15.2. The van der Waals surface area contributed by atoms with Crippen molar-refractivity contribution in [2.45, 2.75) is 6.92 Å². The third-order valence-electron chi connectivity index (χ3n) is 3.26. The maximum atomic E-state index is 5.61. The fourth-order valence-electron chi connectivity index (χ4n) is 2.03. The molecule has 3 rings (SSSR count). The molecule has 0 bridgehead atoms. The van der Waals surface area contributed by atoms with Crippen LogP contribution < -0.4 is 5.73 Å². The Balaban J connectivity index is 1.84. The van der Waals surface area contributed by atoms with Crippen LogP contribution in [0.4, 0.5) is 5.69 Å². The highest BCUT2D eigenvalue weighted by molar-refractivity contribution is 6.28. The zero-order valence-corrected chi connectivity index (χ0v) is 13.3. The summed E-state index contributed by atoms with van der Waals surface area (Å²) in [7, 11) is 0. The number of halogens is 1. The average Bonchev–Trinajstić information content (AvgIpc) is 3.06. The number of alkyl halides is 1. The van der Waals surface area contributed by atoms with Gasteiger partial charge < -0.3 is 10.3 Å². The van der Waals surface area contributed by atoms with Crippen LogP contribution in [-0.2, 0) is 0 Å². The number of aryl methyl sites for hydroxylation is 1. The molecule has 6 heteroatoms. The highest BCUT2D eigenvalue weighted by Crippen LogP contribution is 2.24. The molecule has 0 radical (unpaired) electrons. The summed E-state index contributed by atoms with van der Waals surface area (Å²) in [5.74, 6) is 1.60. The Morgan fingerprint density at radius 1 is 1.09 bits per heavy atom. The second-order valence-electron chi connectivity index (χ2n) is 5.07. The van der Waals surface area contributed by atoms with Crippen LogP contribution in [-0.4, -0.2) is 21.9 Å². The van der Waals surface area contributed by atoms with E-state index in [1.54, 1.807) is 0 Å². The number of benzene rings is 2. The third-order valence-corrected chi connectivity index (χ3v) is 3.53. The molecule has 116 valence electrons. The molecular weight excluding hydrogens is 312 g/mol. The van der Waals surface area contributed by atoms with Gasteiger partial charge in [-0.05, 0) is 31.2 Å². The topological polar surface area (TPSA) is 77.3 Å². The van der Waals surface area contributed by atoms with Crippen LogP contribution >= 0.6 is 11.6 Å². The smallest absolute Gasteiger partial charge is 0.258 e. The van der Waals surface area contributed by atoms with Gasteiger partial charge in [0.15, 0.2) is 0 Å². The van der Waals surface area contributed by atoms with E-state index in [-0.39, 0.29) is 5.88 Å². The molecule has 0 aliphatic rings. The highest BCUT2D eigenvalue weighted by Gasteiger charge is 2.10. The molecule has 0 fully saturated rings. The van der Waals surface area contributed by atoms with Crippen LogP contribution in [0.5, 0.6) is 0 Å². The maximum Gasteiger partial charge on any atom is 0.258 e. The molecule has 1 aromatic heterocycles. The summed E-state index contributed by atoms with van der Waals surface area (Å²) >= 11 is 5.61. The van der Waals surface area contributed by atoms with Crippen molar-refractivity contribution in [2.24, 2.45) is 10.7 Å². The zero-order chi connectivity index (χ0) is 16.2. The molecule has 2 N–H and O–H groups in total. The number of aromatic nitrogens is 2. The van der Waals surface area contributed by atoms with Gasteiger partial charge in [0.05, 0.1) is 11.6 Å². The van der Waals surface area contributed by atoms with Gasteiger partial charge in [-0.3, -0.25) is 0 Å². The molecule has 0 unspecified atom stereocenters. The first-order valence-corrected chi connectivity index (χ1v) is 7.59. The van der Waals surface area contributed by atoms with Crippen LogP contribution in [0, 0.1) is 6.92 Å². The van der Waals surface area contributed by atoms with E-state index in [2.05, 4.69) is 15.1 Å². The van der Waals surface area contributed by atoms with E-state index in [1.165, 1.54) is 5.56 Å². The summed E-state index contributed by atoms with van der Waals surface area (Å²) in [5.41, 5.74) is 9.26. The van der Waals surface area contributed by atoms with Crippen molar-refractivity contribution in [3.8, 4) is 22.8 Å². The van der Waals surface area contributed by atoms with E-state index >= 15 is 0 Å². The minimum absolute atomic E-state index is 0.200. The summed E-state index contributed by atoms with van der Waals surface area (Å²) in [6, 6.07) is 15.3. The van der Waals surface area contributed by atoms with Gasteiger partial charge in [-0.25, -0.2) is 4.99 Å². The van der Waals surface area contributed by atoms with Gasteiger partial charge in [0, 0.05) is 11.1 Å². The largest absolute Gasteiger partial charge is 0.386 e. The second-order valence-corrected chi connectivity index (χ2v) is 5.34. The van der Waals surface area contributed by atoms with Gasteiger partial charge in [-0.1, -0.05) is 35.0 Å². The third kappa shape index (κ3) is 3.57. The molecule has 0 amide bonds. The second kappa shape index (κ2) is 6.62. The fraction of sp³-hybridized carbons (Fsp3) is 0.118. The first-order chi connectivity index (χ1) is 11.2. The standard InChI is InChI=1S/C17H15ClN4O/c1-11-2-4-12(5-3-11)16-21-17(23-22-16)13-6-8-14(9-7-13)20-15(19)10-18/h2-9H,10H2,1H3,(H2,19,20). The first-order valence-electron chi connectivity index (χ1n) is 7.06. The van der Waals surface area contributed by atoms with Gasteiger partial charge in [-0.2, -0.15) is 4.98 Å². The van der Waals surface area contributed by atoms with E-state index in [1.807, 2.05) is 55.5 Å². The Kier molecular flexibility index (Phi) is 4.39. The minimum atomic E-state index is 0.200. The molecule has 5 nitrogen and oxygen atoms in total. The van der Waals surface area contributed by atoms with Crippen LogP contribution in [0.3, 0.4) is 0 Å². The maximum absolute atomic E-state index is 5.61. The lowest BCUT2D eigenvalue weighted by molar-refractivity contribution is 0.432. The van der Waals surface area contributed by atoms with E-state index in [0.29, 0.717) is 17.6 Å². The predicted molar refractivity (Wildman–Crippen MR) is 91.9 cm³/mol. The van der Waals surface area contributed by atoms with Crippen molar-refractivity contribution in [3.63, 3.8) is 0 Å². The van der Waals surface area contributed by atoms with Gasteiger partial charge in [0.1, 0.15) is 5.84 Å². The molecule has 0 aliphatic heterocycles. The summed E-state index contributed by atoms with van der Waals surface area (Å²) in [6.45, 7) is 2.03.